The van der Waals surface area contributed by atoms with Crippen LogP contribution in [0.2, 0.25) is 10.0 Å². The average molecular weight is 302 g/mol. The number of β-amino-alcohol motifs (C(OH)–C–C–N with tert-alkyl or cyclic N) is 1. The Kier molecular flexibility index (Phi) is 2.00. The zero-order chi connectivity index (χ0) is 23.2. The van der Waals surface area contributed by atoms with Crippen molar-refractivity contribution in [3.05, 3.63) is 27.7 Å². The maximum Gasteiger partial charge on any atom is 0.0915 e. The summed E-state index contributed by atoms with van der Waals surface area (Å²) in [5, 5.41) is 12.3. The molecule has 3 nitrogen and oxygen atoms in total. The van der Waals surface area contributed by atoms with E-state index < -0.39 is 45.1 Å². The van der Waals surface area contributed by atoms with Crippen LogP contribution in [0.4, 0.5) is 5.69 Å². The van der Waals surface area contributed by atoms with E-state index in [0.717, 1.165) is 0 Å². The molecule has 1 rings (SSSR count). The summed E-state index contributed by atoms with van der Waals surface area (Å²) in [5.74, 6) is 0. The first-order valence-electron chi connectivity index (χ1n) is 10.4. The summed E-state index contributed by atoms with van der Waals surface area (Å²) in [6, 6.07) is 2.42. The third-order valence-electron chi connectivity index (χ3n) is 2.23. The summed E-state index contributed by atoms with van der Waals surface area (Å²) in [6.07, 6.45) is -5.34. The fourth-order valence-corrected chi connectivity index (χ4v) is 1.71. The Morgan fingerprint density at radius 3 is 2.61 bits per heavy atom. The summed E-state index contributed by atoms with van der Waals surface area (Å²) in [5.41, 5.74) is 2.12. The van der Waals surface area contributed by atoms with Gasteiger partial charge < -0.3 is 16.2 Å². The normalized spacial score (nSPS) is 25.6. The second kappa shape index (κ2) is 6.11. The van der Waals surface area contributed by atoms with Gasteiger partial charge in [0, 0.05) is 27.2 Å². The van der Waals surface area contributed by atoms with Crippen LogP contribution >= 0.6 is 23.2 Å². The first kappa shape index (κ1) is 5.88. The number of aliphatic hydroxyl groups excluding tert-OH is 1. The molecule has 0 heterocycles. The number of nitrogen functional groups attached to an aromatic ring is 1. The monoisotopic (exact) mass is 301 g/mol. The zero-order valence-corrected chi connectivity index (χ0v) is 10.7. The second-order valence-electron chi connectivity index (χ2n) is 3.67. The molecular formula is C13H20Cl2N2O. The van der Waals surface area contributed by atoms with Gasteiger partial charge >= 0.3 is 0 Å². The number of nitrogens with two attached hydrogens (primary N) is 1. The van der Waals surface area contributed by atoms with E-state index in [1.54, 1.807) is 0 Å². The van der Waals surface area contributed by atoms with Crippen molar-refractivity contribution in [1.82, 2.24) is 5.32 Å². The number of anilines is 1. The lowest BCUT2D eigenvalue weighted by Gasteiger charge is -2.26. The van der Waals surface area contributed by atoms with Crippen LogP contribution in [0.3, 0.4) is 0 Å². The summed E-state index contributed by atoms with van der Waals surface area (Å²) in [6.45, 7) is -11.7. The van der Waals surface area contributed by atoms with Crippen LogP contribution in [0.5, 0.6) is 0 Å². The first-order valence-corrected chi connectivity index (χ1v) is 5.64. The Bertz CT molecular complexity index is 709. The lowest BCUT2D eigenvalue weighted by molar-refractivity contribution is 0.160. The van der Waals surface area contributed by atoms with Crippen LogP contribution in [0, 0.1) is 0 Å². The van der Waals surface area contributed by atoms with Crippen molar-refractivity contribution < 1.29 is 20.2 Å². The maximum atomic E-state index is 10.4. The van der Waals surface area contributed by atoms with Crippen LogP contribution < -0.4 is 11.1 Å². The third-order valence-corrected chi connectivity index (χ3v) is 2.86. The topological polar surface area (TPSA) is 58.3 Å². The highest BCUT2D eigenvalue weighted by molar-refractivity contribution is 6.38. The summed E-state index contributed by atoms with van der Waals surface area (Å²) < 4.78 is 83.9. The third kappa shape index (κ3) is 4.02. The summed E-state index contributed by atoms with van der Waals surface area (Å²) >= 11 is 11.8. The molecule has 0 spiro atoms. The smallest absolute Gasteiger partial charge is 0.0915 e. The Morgan fingerprint density at radius 2 is 2.11 bits per heavy atom. The number of hydrogen-bond donors (Lipinski definition) is 3. The van der Waals surface area contributed by atoms with Gasteiger partial charge in [-0.15, -0.1) is 0 Å². The maximum absolute atomic E-state index is 10.4. The van der Waals surface area contributed by atoms with Crippen LogP contribution in [-0.4, -0.2) is 17.2 Å². The molecule has 0 amide bonds. The summed E-state index contributed by atoms with van der Waals surface area (Å²) in [7, 11) is 0. The number of aliphatic hydroxyl groups is 1. The molecule has 1 atom stereocenters. The molecule has 1 aromatic carbocycles. The largest absolute Gasteiger partial charge is 0.396 e. The molecule has 0 bridgehead atoms. The minimum Gasteiger partial charge on any atom is -0.396 e. The molecular weight excluding hydrogens is 271 g/mol. The van der Waals surface area contributed by atoms with E-state index in [1.165, 1.54) is 12.1 Å². The van der Waals surface area contributed by atoms with Gasteiger partial charge in [0.15, 0.2) is 0 Å². The predicted molar refractivity (Wildman–Crippen MR) is 78.2 cm³/mol. The standard InChI is InChI=1S/C13H20Cl2N2O/c1-4-13(2,3)17-7-11(18)8-5-9(14)12(16)10(15)6-8/h5-6,11,17-18H,4,7,16H2,1-3H3/i1D3,2D3,3D3,4D2. The van der Waals surface area contributed by atoms with E-state index in [4.69, 9.17) is 44.0 Å². The highest BCUT2D eigenvalue weighted by Crippen LogP contribution is 2.31. The molecule has 1 unspecified atom stereocenters. The van der Waals surface area contributed by atoms with Gasteiger partial charge in [-0.05, 0) is 37.8 Å². The molecule has 0 radical (unpaired) electrons. The predicted octanol–water partition coefficient (Wildman–Crippen LogP) is 3.39. The highest BCUT2D eigenvalue weighted by atomic mass is 35.5. The molecule has 4 N–H and O–H groups in total. The number of hydrogen-bond acceptors (Lipinski definition) is 3. The van der Waals surface area contributed by atoms with E-state index in [0.29, 0.717) is 0 Å². The quantitative estimate of drug-likeness (QED) is 0.731. The van der Waals surface area contributed by atoms with Crippen molar-refractivity contribution in [2.45, 2.75) is 38.6 Å². The van der Waals surface area contributed by atoms with Crippen LogP contribution in [0.25, 0.3) is 0 Å². The number of halogens is 2. The van der Waals surface area contributed by atoms with Crippen LogP contribution in [0.15, 0.2) is 12.1 Å². The van der Waals surface area contributed by atoms with Gasteiger partial charge in [0.2, 0.25) is 0 Å². The van der Waals surface area contributed by atoms with Crippen molar-refractivity contribution >= 4 is 28.9 Å². The Morgan fingerprint density at radius 1 is 1.50 bits per heavy atom. The van der Waals surface area contributed by atoms with Crippen LogP contribution in [-0.2, 0) is 0 Å². The van der Waals surface area contributed by atoms with Crippen LogP contribution in [0.1, 0.15) is 53.7 Å². The van der Waals surface area contributed by atoms with Gasteiger partial charge in [-0.25, -0.2) is 0 Å². The van der Waals surface area contributed by atoms with Gasteiger partial charge in [0.25, 0.3) is 0 Å². The van der Waals surface area contributed by atoms with E-state index >= 15 is 0 Å². The molecule has 0 aliphatic heterocycles. The second-order valence-corrected chi connectivity index (χ2v) is 4.48. The molecule has 0 aliphatic rings. The van der Waals surface area contributed by atoms with Crippen molar-refractivity contribution in [3.63, 3.8) is 0 Å². The van der Waals surface area contributed by atoms with E-state index in [2.05, 4.69) is 0 Å². The van der Waals surface area contributed by atoms with E-state index in [9.17, 15) is 5.11 Å². The van der Waals surface area contributed by atoms with Crippen molar-refractivity contribution in [1.29, 1.82) is 0 Å². The number of benzene rings is 1. The first-order chi connectivity index (χ1) is 12.7. The minimum absolute atomic E-state index is 0.0234. The van der Waals surface area contributed by atoms with Gasteiger partial charge in [0.05, 0.1) is 21.8 Å². The van der Waals surface area contributed by atoms with E-state index in [1.807, 2.05) is 5.32 Å². The molecule has 0 aromatic heterocycles. The number of rotatable bonds is 5. The van der Waals surface area contributed by atoms with Gasteiger partial charge in [-0.1, -0.05) is 30.1 Å². The number of nitrogens with one attached hydrogen (secondary N) is 1. The Labute approximate surface area is 134 Å². The average Bonchev–Trinajstić information content (AvgIpc) is 2.48. The van der Waals surface area contributed by atoms with Crippen molar-refractivity contribution in [2.24, 2.45) is 0 Å². The molecule has 102 valence electrons. The van der Waals surface area contributed by atoms with Crippen molar-refractivity contribution in [3.8, 4) is 0 Å². The Hall–Kier alpha value is -0.480. The van der Waals surface area contributed by atoms with E-state index in [-0.39, 0.29) is 21.3 Å². The summed E-state index contributed by atoms with van der Waals surface area (Å²) in [4.78, 5) is 0. The lowest BCUT2D eigenvalue weighted by Crippen LogP contribution is -2.40. The molecule has 1 aromatic rings. The van der Waals surface area contributed by atoms with Gasteiger partial charge in [-0.2, -0.15) is 0 Å². The highest BCUT2D eigenvalue weighted by Gasteiger charge is 2.18. The molecule has 0 saturated carbocycles. The van der Waals surface area contributed by atoms with Gasteiger partial charge in [0.1, 0.15) is 0 Å². The molecule has 18 heavy (non-hydrogen) atoms. The minimum atomic E-state index is -3.73. The Balaban J connectivity index is 3.47. The molecule has 0 fully saturated rings. The van der Waals surface area contributed by atoms with Gasteiger partial charge in [-0.3, -0.25) is 0 Å². The fraction of sp³-hybridized carbons (Fsp3) is 0.538. The zero-order valence-electron chi connectivity index (χ0n) is 20.2. The molecule has 0 saturated heterocycles. The van der Waals surface area contributed by atoms with Crippen molar-refractivity contribution in [2.75, 3.05) is 12.3 Å². The fourth-order valence-electron chi connectivity index (χ4n) is 1.21. The molecule has 0 aliphatic carbocycles. The molecule has 5 heteroatoms. The lowest BCUT2D eigenvalue weighted by atomic mass is 10.0. The SMILES string of the molecule is [2H]C([2H])([2H])C([2H])([2H])C(NCC(O)c1cc(Cl)c(N)c(Cl)c1)(C([2H])([2H])[2H])C([2H])([2H])[2H].